The molecule has 0 aliphatic rings. The number of H-pyrrole nitrogens is 1. The largest absolute Gasteiger partial charge is 0.507 e. The molecular weight excluding hydrogens is 428 g/mol. The summed E-state index contributed by atoms with van der Waals surface area (Å²) in [4.78, 5) is 12.2. The van der Waals surface area contributed by atoms with Gasteiger partial charge in [-0.25, -0.2) is 5.43 Å². The molecule has 0 aliphatic heterocycles. The van der Waals surface area contributed by atoms with Crippen LogP contribution in [0.1, 0.15) is 15.9 Å². The highest BCUT2D eigenvalue weighted by atomic mass is 79.9. The zero-order valence-electron chi connectivity index (χ0n) is 15.1. The smallest absolute Gasteiger partial charge is 0.275 e. The van der Waals surface area contributed by atoms with Gasteiger partial charge in [0, 0.05) is 21.7 Å². The summed E-state index contributed by atoms with van der Waals surface area (Å²) in [7, 11) is 3.14. The number of methoxy groups -OCH3 is 2. The van der Waals surface area contributed by atoms with E-state index < -0.39 is 5.91 Å². The van der Waals surface area contributed by atoms with Crippen LogP contribution in [0.4, 0.5) is 0 Å². The minimum absolute atomic E-state index is 0.107. The predicted octanol–water partition coefficient (Wildman–Crippen LogP) is 3.33. The van der Waals surface area contributed by atoms with Crippen LogP contribution in [0.25, 0.3) is 11.3 Å². The predicted molar refractivity (Wildman–Crippen MR) is 108 cm³/mol. The molecule has 0 saturated carbocycles. The van der Waals surface area contributed by atoms with Gasteiger partial charge in [0.15, 0.2) is 0 Å². The van der Waals surface area contributed by atoms with Gasteiger partial charge in [0.25, 0.3) is 5.91 Å². The number of hydrogen-bond donors (Lipinski definition) is 3. The van der Waals surface area contributed by atoms with Gasteiger partial charge >= 0.3 is 0 Å². The second kappa shape index (κ2) is 8.57. The Kier molecular flexibility index (Phi) is 5.95. The number of halogens is 1. The normalized spacial score (nSPS) is 10.8. The molecule has 0 saturated heterocycles. The Hall–Kier alpha value is -3.33. The number of carbonyl (C=O) groups is 1. The van der Waals surface area contributed by atoms with Crippen LogP contribution in [0.5, 0.6) is 17.2 Å². The number of carbonyl (C=O) groups excluding carboxylic acids is 1. The van der Waals surface area contributed by atoms with Gasteiger partial charge in [-0.3, -0.25) is 9.89 Å². The quantitative estimate of drug-likeness (QED) is 0.399. The fourth-order valence-corrected chi connectivity index (χ4v) is 2.89. The monoisotopic (exact) mass is 444 g/mol. The van der Waals surface area contributed by atoms with Gasteiger partial charge in [-0.1, -0.05) is 15.9 Å². The first-order valence-electron chi connectivity index (χ1n) is 8.11. The van der Waals surface area contributed by atoms with Gasteiger partial charge in [-0.15, -0.1) is 0 Å². The number of nitrogens with one attached hydrogen (secondary N) is 2. The molecule has 1 heterocycles. The molecule has 3 rings (SSSR count). The van der Waals surface area contributed by atoms with E-state index in [0.29, 0.717) is 27.2 Å². The summed E-state index contributed by atoms with van der Waals surface area (Å²) in [5, 5.41) is 20.7. The summed E-state index contributed by atoms with van der Waals surface area (Å²) in [5.41, 5.74) is 4.57. The van der Waals surface area contributed by atoms with E-state index in [2.05, 4.69) is 36.7 Å². The van der Waals surface area contributed by atoms with Crippen LogP contribution in [0.3, 0.4) is 0 Å². The van der Waals surface area contributed by atoms with E-state index in [1.807, 2.05) is 6.07 Å². The highest BCUT2D eigenvalue weighted by Gasteiger charge is 2.14. The van der Waals surface area contributed by atoms with Crippen molar-refractivity contribution in [2.45, 2.75) is 0 Å². The van der Waals surface area contributed by atoms with Crippen LogP contribution >= 0.6 is 15.9 Å². The van der Waals surface area contributed by atoms with Crippen LogP contribution < -0.4 is 14.9 Å². The molecule has 9 heteroatoms. The molecule has 2 aromatic carbocycles. The Morgan fingerprint density at radius 3 is 2.82 bits per heavy atom. The average Bonchev–Trinajstić information content (AvgIpc) is 3.17. The van der Waals surface area contributed by atoms with Crippen molar-refractivity contribution in [2.24, 2.45) is 5.10 Å². The Labute approximate surface area is 169 Å². The molecule has 0 bridgehead atoms. The lowest BCUT2D eigenvalue weighted by molar-refractivity contribution is 0.0952. The Balaban J connectivity index is 1.81. The number of hydrazone groups is 1. The van der Waals surface area contributed by atoms with E-state index >= 15 is 0 Å². The lowest BCUT2D eigenvalue weighted by Gasteiger charge is -2.09. The average molecular weight is 445 g/mol. The van der Waals surface area contributed by atoms with Crippen molar-refractivity contribution in [1.82, 2.24) is 15.6 Å². The van der Waals surface area contributed by atoms with E-state index in [0.717, 1.165) is 5.56 Å². The standard InChI is InChI=1S/C19H17BrN4O4/c1-27-13-4-5-14(17(8-13)28-2)18-11(9-21-23-18)10-22-24-19(26)15-7-12(20)3-6-16(15)25/h3-10,25H,1-2H3,(H,21,23)(H,24,26)/b22-10-. The molecule has 0 unspecified atom stereocenters. The van der Waals surface area contributed by atoms with Crippen molar-refractivity contribution >= 4 is 28.1 Å². The minimum atomic E-state index is -0.540. The van der Waals surface area contributed by atoms with E-state index in [4.69, 9.17) is 9.47 Å². The maximum absolute atomic E-state index is 12.2. The number of ether oxygens (including phenoxy) is 2. The lowest BCUT2D eigenvalue weighted by atomic mass is 10.1. The number of rotatable bonds is 6. The molecule has 1 aromatic heterocycles. The van der Waals surface area contributed by atoms with E-state index in [1.54, 1.807) is 38.6 Å². The molecule has 0 fully saturated rings. The molecule has 3 N–H and O–H groups in total. The summed E-state index contributed by atoms with van der Waals surface area (Å²) in [6.07, 6.45) is 3.03. The van der Waals surface area contributed by atoms with Crippen LogP contribution in [0.2, 0.25) is 0 Å². The first-order valence-corrected chi connectivity index (χ1v) is 8.90. The number of aromatic hydroxyl groups is 1. The van der Waals surface area contributed by atoms with Crippen LogP contribution in [-0.4, -0.2) is 41.6 Å². The summed E-state index contributed by atoms with van der Waals surface area (Å²) in [5.74, 6) is 0.586. The molecule has 0 atom stereocenters. The Morgan fingerprint density at radius 2 is 2.07 bits per heavy atom. The Morgan fingerprint density at radius 1 is 1.25 bits per heavy atom. The maximum atomic E-state index is 12.2. The first-order chi connectivity index (χ1) is 13.5. The molecule has 0 spiro atoms. The second-order valence-corrected chi connectivity index (χ2v) is 6.54. The van der Waals surface area contributed by atoms with Crippen molar-refractivity contribution in [3.05, 3.63) is 58.2 Å². The van der Waals surface area contributed by atoms with Crippen molar-refractivity contribution in [2.75, 3.05) is 14.2 Å². The number of phenolic OH excluding ortho intramolecular Hbond substituents is 1. The molecular formula is C19H17BrN4O4. The van der Waals surface area contributed by atoms with E-state index in [9.17, 15) is 9.90 Å². The van der Waals surface area contributed by atoms with Crippen LogP contribution in [0.15, 0.2) is 52.2 Å². The second-order valence-electron chi connectivity index (χ2n) is 5.63. The van der Waals surface area contributed by atoms with Crippen LogP contribution in [0, 0.1) is 0 Å². The molecule has 8 nitrogen and oxygen atoms in total. The molecule has 3 aromatic rings. The van der Waals surface area contributed by atoms with Crippen molar-refractivity contribution in [3.8, 4) is 28.5 Å². The summed E-state index contributed by atoms with van der Waals surface area (Å²) >= 11 is 3.26. The number of amides is 1. The fourth-order valence-electron chi connectivity index (χ4n) is 2.52. The van der Waals surface area contributed by atoms with E-state index in [1.165, 1.54) is 18.3 Å². The van der Waals surface area contributed by atoms with Gasteiger partial charge < -0.3 is 14.6 Å². The van der Waals surface area contributed by atoms with Gasteiger partial charge in [-0.2, -0.15) is 10.2 Å². The first kappa shape index (κ1) is 19.4. The van der Waals surface area contributed by atoms with Gasteiger partial charge in [-0.05, 0) is 30.3 Å². The third kappa shape index (κ3) is 4.15. The maximum Gasteiger partial charge on any atom is 0.275 e. The summed E-state index contributed by atoms with van der Waals surface area (Å²) in [6.45, 7) is 0. The zero-order chi connectivity index (χ0) is 20.1. The van der Waals surface area contributed by atoms with Gasteiger partial charge in [0.1, 0.15) is 17.2 Å². The molecule has 28 heavy (non-hydrogen) atoms. The van der Waals surface area contributed by atoms with Gasteiger partial charge in [0.2, 0.25) is 0 Å². The van der Waals surface area contributed by atoms with Gasteiger partial charge in [0.05, 0.1) is 37.9 Å². The number of benzene rings is 2. The third-order valence-electron chi connectivity index (χ3n) is 3.92. The number of nitrogens with zero attached hydrogens (tertiary/aromatic N) is 2. The summed E-state index contributed by atoms with van der Waals surface area (Å²) in [6, 6.07) is 9.96. The molecule has 144 valence electrons. The number of aromatic nitrogens is 2. The van der Waals surface area contributed by atoms with Crippen molar-refractivity contribution in [3.63, 3.8) is 0 Å². The minimum Gasteiger partial charge on any atom is -0.507 e. The molecule has 0 aliphatic carbocycles. The topological polar surface area (TPSA) is 109 Å². The fraction of sp³-hybridized carbons (Fsp3) is 0.105. The summed E-state index contributed by atoms with van der Waals surface area (Å²) < 4.78 is 11.3. The highest BCUT2D eigenvalue weighted by molar-refractivity contribution is 9.10. The van der Waals surface area contributed by atoms with Crippen molar-refractivity contribution in [1.29, 1.82) is 0 Å². The number of phenols is 1. The molecule has 1 amide bonds. The third-order valence-corrected chi connectivity index (χ3v) is 4.41. The SMILES string of the molecule is COc1ccc(-c2[nH]ncc2/C=N\NC(=O)c2cc(Br)ccc2O)c(OC)c1. The molecule has 0 radical (unpaired) electrons. The lowest BCUT2D eigenvalue weighted by Crippen LogP contribution is -2.17. The zero-order valence-corrected chi connectivity index (χ0v) is 16.6. The number of aromatic amines is 1. The van der Waals surface area contributed by atoms with Crippen LogP contribution in [-0.2, 0) is 0 Å². The Bertz CT molecular complexity index is 1030. The van der Waals surface area contributed by atoms with Crippen molar-refractivity contribution < 1.29 is 19.4 Å². The highest BCUT2D eigenvalue weighted by Crippen LogP contribution is 2.33. The van der Waals surface area contributed by atoms with E-state index in [-0.39, 0.29) is 11.3 Å². The number of hydrogen-bond acceptors (Lipinski definition) is 6.